The summed E-state index contributed by atoms with van der Waals surface area (Å²) in [6, 6.07) is 0. The third-order valence-electron chi connectivity index (χ3n) is 2.63. The fourth-order valence-corrected chi connectivity index (χ4v) is 1.37. The van der Waals surface area contributed by atoms with Gasteiger partial charge >= 0.3 is 5.97 Å². The Labute approximate surface area is 98.5 Å². The number of carbonyl (C=O) groups excluding carboxylic acids is 1. The fraction of sp³-hybridized carbons (Fsp3) is 0.769. The van der Waals surface area contributed by atoms with Crippen LogP contribution in [0.15, 0.2) is 12.2 Å². The molecule has 2 unspecified atom stereocenters. The van der Waals surface area contributed by atoms with Gasteiger partial charge in [0.15, 0.2) is 0 Å². The molecule has 0 amide bonds. The highest BCUT2D eigenvalue weighted by Crippen LogP contribution is 2.13. The van der Waals surface area contributed by atoms with Crippen LogP contribution in [0.3, 0.4) is 0 Å². The van der Waals surface area contributed by atoms with E-state index in [2.05, 4.69) is 13.5 Å². The lowest BCUT2D eigenvalue weighted by Gasteiger charge is -2.17. The molecule has 0 heterocycles. The Morgan fingerprint density at radius 3 is 2.44 bits per heavy atom. The Bertz CT molecular complexity index is 221. The third kappa shape index (κ3) is 5.91. The Kier molecular flexibility index (Phi) is 7.90. The number of esters is 1. The van der Waals surface area contributed by atoms with Gasteiger partial charge in [-0.2, -0.15) is 0 Å². The zero-order chi connectivity index (χ0) is 12.6. The van der Waals surface area contributed by atoms with Gasteiger partial charge in [0.25, 0.3) is 0 Å². The quantitative estimate of drug-likeness (QED) is 0.395. The van der Waals surface area contributed by atoms with Crippen molar-refractivity contribution in [3.05, 3.63) is 12.2 Å². The molecule has 0 spiro atoms. The van der Waals surface area contributed by atoms with Crippen molar-refractivity contribution in [3.8, 4) is 0 Å². The van der Waals surface area contributed by atoms with Crippen molar-refractivity contribution >= 4 is 5.97 Å². The number of hydrogen-bond acceptors (Lipinski definition) is 3. The molecule has 0 aromatic rings. The van der Waals surface area contributed by atoms with Crippen molar-refractivity contribution in [2.24, 2.45) is 0 Å². The number of aliphatic hydroxyl groups is 1. The summed E-state index contributed by atoms with van der Waals surface area (Å²) in [6.07, 6.45) is 4.21. The van der Waals surface area contributed by atoms with Crippen molar-refractivity contribution in [1.29, 1.82) is 0 Å². The summed E-state index contributed by atoms with van der Waals surface area (Å²) >= 11 is 0. The number of carbonyl (C=O) groups is 1. The summed E-state index contributed by atoms with van der Waals surface area (Å²) in [4.78, 5) is 11.5. The van der Waals surface area contributed by atoms with Crippen LogP contribution < -0.4 is 0 Å². The van der Waals surface area contributed by atoms with Crippen LogP contribution in [0.5, 0.6) is 0 Å². The molecule has 0 aliphatic carbocycles. The van der Waals surface area contributed by atoms with E-state index in [4.69, 9.17) is 4.74 Å². The lowest BCUT2D eigenvalue weighted by Crippen LogP contribution is -2.22. The fourth-order valence-electron chi connectivity index (χ4n) is 1.37. The van der Waals surface area contributed by atoms with Crippen molar-refractivity contribution in [2.45, 2.75) is 65.1 Å². The second-order valence-electron chi connectivity index (χ2n) is 4.13. The van der Waals surface area contributed by atoms with Gasteiger partial charge in [0.1, 0.15) is 6.10 Å². The van der Waals surface area contributed by atoms with Crippen LogP contribution in [-0.4, -0.2) is 23.3 Å². The van der Waals surface area contributed by atoms with Crippen molar-refractivity contribution in [2.75, 3.05) is 0 Å². The molecule has 16 heavy (non-hydrogen) atoms. The molecule has 0 fully saturated rings. The van der Waals surface area contributed by atoms with Crippen LogP contribution in [0.2, 0.25) is 0 Å². The zero-order valence-corrected chi connectivity index (χ0v) is 10.7. The minimum Gasteiger partial charge on any atom is -0.459 e. The van der Waals surface area contributed by atoms with Gasteiger partial charge in [0, 0.05) is 0 Å². The summed E-state index contributed by atoms with van der Waals surface area (Å²) in [7, 11) is 0. The first-order chi connectivity index (χ1) is 7.52. The lowest BCUT2D eigenvalue weighted by atomic mass is 10.1. The molecule has 3 heteroatoms. The normalized spacial score (nSPS) is 14.2. The van der Waals surface area contributed by atoms with Crippen LogP contribution in [0.4, 0.5) is 0 Å². The standard InChI is InChI=1S/C13H24O3/c1-5-7-8-9-12(6-2)16-13(15)10(3)11(4)14/h11-12,14H,3,5-9H2,1-2,4H3. The number of rotatable bonds is 8. The predicted molar refractivity (Wildman–Crippen MR) is 65.1 cm³/mol. The average molecular weight is 228 g/mol. The number of ether oxygens (including phenoxy) is 1. The molecular formula is C13H24O3. The number of aliphatic hydroxyl groups excluding tert-OH is 1. The smallest absolute Gasteiger partial charge is 0.336 e. The molecule has 0 rings (SSSR count). The summed E-state index contributed by atoms with van der Waals surface area (Å²) < 4.78 is 5.27. The zero-order valence-electron chi connectivity index (χ0n) is 10.7. The van der Waals surface area contributed by atoms with E-state index in [1.54, 1.807) is 0 Å². The molecule has 2 atom stereocenters. The highest BCUT2D eigenvalue weighted by Gasteiger charge is 2.17. The first kappa shape index (κ1) is 15.2. The maximum Gasteiger partial charge on any atom is 0.336 e. The monoisotopic (exact) mass is 228 g/mol. The summed E-state index contributed by atoms with van der Waals surface area (Å²) in [5, 5.41) is 9.19. The highest BCUT2D eigenvalue weighted by atomic mass is 16.5. The average Bonchev–Trinajstić information content (AvgIpc) is 2.26. The highest BCUT2D eigenvalue weighted by molar-refractivity contribution is 5.88. The Hall–Kier alpha value is -0.830. The van der Waals surface area contributed by atoms with Crippen molar-refractivity contribution in [1.82, 2.24) is 0 Å². The van der Waals surface area contributed by atoms with E-state index in [9.17, 15) is 9.90 Å². The first-order valence-electron chi connectivity index (χ1n) is 6.10. The molecular weight excluding hydrogens is 204 g/mol. The van der Waals surface area contributed by atoms with Crippen molar-refractivity contribution in [3.63, 3.8) is 0 Å². The second kappa shape index (κ2) is 8.34. The van der Waals surface area contributed by atoms with E-state index in [-0.39, 0.29) is 11.7 Å². The van der Waals surface area contributed by atoms with E-state index in [1.165, 1.54) is 6.92 Å². The van der Waals surface area contributed by atoms with E-state index < -0.39 is 12.1 Å². The van der Waals surface area contributed by atoms with Gasteiger partial charge in [-0.1, -0.05) is 33.3 Å². The van der Waals surface area contributed by atoms with E-state index >= 15 is 0 Å². The van der Waals surface area contributed by atoms with Gasteiger partial charge in [-0.3, -0.25) is 0 Å². The summed E-state index contributed by atoms with van der Waals surface area (Å²) in [6.45, 7) is 9.17. The second-order valence-corrected chi connectivity index (χ2v) is 4.13. The Morgan fingerprint density at radius 1 is 1.38 bits per heavy atom. The predicted octanol–water partition coefficient (Wildman–Crippen LogP) is 2.83. The van der Waals surface area contributed by atoms with Crippen molar-refractivity contribution < 1.29 is 14.6 Å². The first-order valence-corrected chi connectivity index (χ1v) is 6.10. The van der Waals surface area contributed by atoms with Crippen LogP contribution in [0.25, 0.3) is 0 Å². The topological polar surface area (TPSA) is 46.5 Å². The molecule has 0 aliphatic rings. The molecule has 0 saturated carbocycles. The van der Waals surface area contributed by atoms with Gasteiger partial charge in [0.05, 0.1) is 11.7 Å². The third-order valence-corrected chi connectivity index (χ3v) is 2.63. The van der Waals surface area contributed by atoms with Gasteiger partial charge in [0.2, 0.25) is 0 Å². The van der Waals surface area contributed by atoms with E-state index in [0.29, 0.717) is 0 Å². The Balaban J connectivity index is 4.01. The molecule has 0 aromatic heterocycles. The SMILES string of the molecule is C=C(C(=O)OC(CC)CCCCC)C(C)O. The Morgan fingerprint density at radius 2 is 2.00 bits per heavy atom. The van der Waals surface area contributed by atoms with E-state index in [0.717, 1.165) is 32.1 Å². The lowest BCUT2D eigenvalue weighted by molar-refractivity contribution is -0.145. The van der Waals surface area contributed by atoms with Gasteiger partial charge in [-0.05, 0) is 26.2 Å². The molecule has 0 radical (unpaired) electrons. The molecule has 3 nitrogen and oxygen atoms in total. The minimum atomic E-state index is -0.833. The molecule has 1 N–H and O–H groups in total. The molecule has 0 aliphatic heterocycles. The van der Waals surface area contributed by atoms with Crippen LogP contribution in [0, 0.1) is 0 Å². The molecule has 94 valence electrons. The van der Waals surface area contributed by atoms with Crippen LogP contribution in [-0.2, 0) is 9.53 Å². The van der Waals surface area contributed by atoms with Crippen LogP contribution in [0.1, 0.15) is 52.9 Å². The molecule has 0 aromatic carbocycles. The van der Waals surface area contributed by atoms with E-state index in [1.807, 2.05) is 6.92 Å². The van der Waals surface area contributed by atoms with Gasteiger partial charge in [-0.25, -0.2) is 4.79 Å². The van der Waals surface area contributed by atoms with Crippen LogP contribution >= 0.6 is 0 Å². The maximum absolute atomic E-state index is 11.5. The molecule has 0 bridgehead atoms. The van der Waals surface area contributed by atoms with Gasteiger partial charge in [-0.15, -0.1) is 0 Å². The number of unbranched alkanes of at least 4 members (excludes halogenated alkanes) is 2. The largest absolute Gasteiger partial charge is 0.459 e. The maximum atomic E-state index is 11.5. The number of hydrogen-bond donors (Lipinski definition) is 1. The summed E-state index contributed by atoms with van der Waals surface area (Å²) in [5.41, 5.74) is 0.133. The summed E-state index contributed by atoms with van der Waals surface area (Å²) in [5.74, 6) is -0.474. The molecule has 0 saturated heterocycles. The van der Waals surface area contributed by atoms with Gasteiger partial charge < -0.3 is 9.84 Å². The minimum absolute atomic E-state index is 0.0467.